The molecule has 6 nitrogen and oxygen atoms in total. The number of benzene rings is 1. The van der Waals surface area contributed by atoms with Gasteiger partial charge in [-0.25, -0.2) is 4.79 Å². The van der Waals surface area contributed by atoms with Gasteiger partial charge in [-0.3, -0.25) is 9.59 Å². The van der Waals surface area contributed by atoms with Crippen molar-refractivity contribution in [3.05, 3.63) is 80.8 Å². The Bertz CT molecular complexity index is 1030. The molecule has 7 heteroatoms. The van der Waals surface area contributed by atoms with Crippen LogP contribution in [-0.4, -0.2) is 28.8 Å². The molecule has 3 aromatic rings. The zero-order chi connectivity index (χ0) is 21.0. The van der Waals surface area contributed by atoms with Crippen LogP contribution < -0.4 is 5.73 Å². The minimum absolute atomic E-state index is 0.248. The highest BCUT2D eigenvalue weighted by Crippen LogP contribution is 2.18. The van der Waals surface area contributed by atoms with Gasteiger partial charge >= 0.3 is 5.97 Å². The van der Waals surface area contributed by atoms with E-state index in [2.05, 4.69) is 16.0 Å². The van der Waals surface area contributed by atoms with Crippen molar-refractivity contribution in [2.45, 2.75) is 26.8 Å². The molecular formula is C22H22N2O4S. The van der Waals surface area contributed by atoms with Gasteiger partial charge in [0.2, 0.25) is 11.7 Å². The van der Waals surface area contributed by atoms with Gasteiger partial charge in [0.05, 0.1) is 5.56 Å². The number of carbonyl (C=O) groups excluding carboxylic acids is 3. The molecule has 0 fully saturated rings. The number of nitrogens with two attached hydrogens (primary N) is 1. The van der Waals surface area contributed by atoms with Gasteiger partial charge in [0.25, 0.3) is 0 Å². The summed E-state index contributed by atoms with van der Waals surface area (Å²) in [6.07, 6.45) is 0.901. The fourth-order valence-electron chi connectivity index (χ4n) is 3.17. The maximum atomic E-state index is 12.6. The summed E-state index contributed by atoms with van der Waals surface area (Å²) in [6.45, 7) is 4.31. The summed E-state index contributed by atoms with van der Waals surface area (Å²) in [6, 6.07) is 11.7. The molecule has 0 saturated heterocycles. The number of ether oxygens (including phenoxy) is 1. The number of hydrogen-bond donors (Lipinski definition) is 1. The Balaban J connectivity index is 1.62. The molecule has 3 rings (SSSR count). The van der Waals surface area contributed by atoms with Crippen LogP contribution in [0.25, 0.3) is 0 Å². The Morgan fingerprint density at radius 2 is 1.76 bits per heavy atom. The van der Waals surface area contributed by atoms with Gasteiger partial charge in [0.15, 0.2) is 6.61 Å². The Labute approximate surface area is 172 Å². The van der Waals surface area contributed by atoms with E-state index in [9.17, 15) is 14.4 Å². The first-order chi connectivity index (χ1) is 13.9. The number of hydrogen-bond acceptors (Lipinski definition) is 5. The Morgan fingerprint density at radius 3 is 2.38 bits per heavy atom. The highest BCUT2D eigenvalue weighted by molar-refractivity contribution is 7.09. The molecule has 2 N–H and O–H groups in total. The van der Waals surface area contributed by atoms with Crippen molar-refractivity contribution in [1.29, 1.82) is 0 Å². The van der Waals surface area contributed by atoms with Crippen LogP contribution in [0.15, 0.2) is 47.8 Å². The molecule has 0 bridgehead atoms. The quantitative estimate of drug-likeness (QED) is 0.454. The Hall–Kier alpha value is -3.19. The van der Waals surface area contributed by atoms with E-state index in [0.717, 1.165) is 24.4 Å². The van der Waals surface area contributed by atoms with E-state index >= 15 is 0 Å². The van der Waals surface area contributed by atoms with E-state index in [0.29, 0.717) is 11.1 Å². The SMILES string of the molecule is Cc1cc(C(=O)COC(=O)c2ccc(C(N)=O)cc2)c(C)n1CCc1cccs1. The number of carbonyl (C=O) groups is 3. The van der Waals surface area contributed by atoms with Crippen LogP contribution in [0.5, 0.6) is 0 Å². The smallest absolute Gasteiger partial charge is 0.338 e. The first-order valence-corrected chi connectivity index (χ1v) is 10.0. The summed E-state index contributed by atoms with van der Waals surface area (Å²) < 4.78 is 7.26. The number of nitrogens with zero attached hydrogens (tertiary/aromatic N) is 1. The van der Waals surface area contributed by atoms with Gasteiger partial charge < -0.3 is 15.0 Å². The summed E-state index contributed by atoms with van der Waals surface area (Å²) in [5.41, 5.74) is 8.15. The van der Waals surface area contributed by atoms with Crippen LogP contribution >= 0.6 is 11.3 Å². The predicted molar refractivity (Wildman–Crippen MR) is 112 cm³/mol. The largest absolute Gasteiger partial charge is 0.454 e. The monoisotopic (exact) mass is 410 g/mol. The van der Waals surface area contributed by atoms with Crippen molar-refractivity contribution in [3.8, 4) is 0 Å². The van der Waals surface area contributed by atoms with Crippen molar-refractivity contribution in [2.24, 2.45) is 5.73 Å². The molecule has 2 heterocycles. The lowest BCUT2D eigenvalue weighted by atomic mass is 10.1. The second-order valence-electron chi connectivity index (χ2n) is 6.71. The van der Waals surface area contributed by atoms with E-state index in [4.69, 9.17) is 10.5 Å². The number of primary amides is 1. The molecule has 0 aliphatic heterocycles. The van der Waals surface area contributed by atoms with Crippen molar-refractivity contribution in [2.75, 3.05) is 6.61 Å². The third-order valence-corrected chi connectivity index (χ3v) is 5.71. The zero-order valence-electron chi connectivity index (χ0n) is 16.3. The number of Topliss-reactive ketones (excluding diaryl/α,β-unsaturated/α-hetero) is 1. The van der Waals surface area contributed by atoms with Crippen molar-refractivity contribution in [1.82, 2.24) is 4.57 Å². The molecule has 1 aromatic carbocycles. The van der Waals surface area contributed by atoms with E-state index in [1.165, 1.54) is 29.1 Å². The average molecular weight is 410 g/mol. The van der Waals surface area contributed by atoms with Crippen molar-refractivity contribution in [3.63, 3.8) is 0 Å². The highest BCUT2D eigenvalue weighted by atomic mass is 32.1. The number of amides is 1. The first-order valence-electron chi connectivity index (χ1n) is 9.16. The second kappa shape index (κ2) is 8.87. The molecule has 0 aliphatic rings. The molecule has 1 amide bonds. The van der Waals surface area contributed by atoms with Crippen molar-refractivity contribution >= 4 is 29.0 Å². The molecule has 0 spiro atoms. The summed E-state index contributed by atoms with van der Waals surface area (Å²) in [5.74, 6) is -1.45. The Morgan fingerprint density at radius 1 is 1.07 bits per heavy atom. The molecule has 0 aliphatic carbocycles. The fourth-order valence-corrected chi connectivity index (χ4v) is 3.87. The lowest BCUT2D eigenvalue weighted by Gasteiger charge is -2.09. The van der Waals surface area contributed by atoms with Gasteiger partial charge in [-0.05, 0) is 62.0 Å². The number of ketones is 1. The lowest BCUT2D eigenvalue weighted by molar-refractivity contribution is 0.0474. The second-order valence-corrected chi connectivity index (χ2v) is 7.74. The van der Waals surface area contributed by atoms with Crippen LogP contribution in [0.3, 0.4) is 0 Å². The number of aromatic nitrogens is 1. The molecule has 2 aromatic heterocycles. The maximum Gasteiger partial charge on any atom is 0.338 e. The zero-order valence-corrected chi connectivity index (χ0v) is 17.1. The predicted octanol–water partition coefficient (Wildman–Crippen LogP) is 3.55. The van der Waals surface area contributed by atoms with E-state index in [-0.39, 0.29) is 18.0 Å². The van der Waals surface area contributed by atoms with Crippen LogP contribution in [0.1, 0.15) is 47.3 Å². The van der Waals surface area contributed by atoms with Gasteiger partial charge in [0, 0.05) is 33.9 Å². The van der Waals surface area contributed by atoms with Gasteiger partial charge in [0.1, 0.15) is 0 Å². The fraction of sp³-hybridized carbons (Fsp3) is 0.227. The topological polar surface area (TPSA) is 91.4 Å². The molecule has 29 heavy (non-hydrogen) atoms. The van der Waals surface area contributed by atoms with Crippen LogP contribution in [0.2, 0.25) is 0 Å². The third-order valence-electron chi connectivity index (χ3n) is 4.78. The standard InChI is InChI=1S/C22H22N2O4S/c1-14-12-19(15(2)24(14)10-9-18-4-3-11-29-18)20(25)13-28-22(27)17-7-5-16(6-8-17)21(23)26/h3-8,11-12H,9-10,13H2,1-2H3,(H2,23,26). The summed E-state index contributed by atoms with van der Waals surface area (Å²) in [5, 5.41) is 2.05. The van der Waals surface area contributed by atoms with E-state index in [1.807, 2.05) is 26.0 Å². The third kappa shape index (κ3) is 4.81. The van der Waals surface area contributed by atoms with E-state index in [1.54, 1.807) is 11.3 Å². The van der Waals surface area contributed by atoms with Crippen LogP contribution in [0, 0.1) is 13.8 Å². The number of esters is 1. The average Bonchev–Trinajstić information content (AvgIpc) is 3.32. The molecule has 0 saturated carbocycles. The number of aryl methyl sites for hydroxylation is 2. The highest BCUT2D eigenvalue weighted by Gasteiger charge is 2.18. The Kier molecular flexibility index (Phi) is 6.29. The summed E-state index contributed by atoms with van der Waals surface area (Å²) in [4.78, 5) is 37.1. The molecular weight excluding hydrogens is 388 g/mol. The molecule has 0 unspecified atom stereocenters. The first kappa shape index (κ1) is 20.5. The van der Waals surface area contributed by atoms with Gasteiger partial charge in [-0.1, -0.05) is 6.07 Å². The summed E-state index contributed by atoms with van der Waals surface area (Å²) >= 11 is 1.72. The maximum absolute atomic E-state index is 12.6. The summed E-state index contributed by atoms with van der Waals surface area (Å²) in [7, 11) is 0. The number of rotatable bonds is 8. The molecule has 0 radical (unpaired) electrons. The normalized spacial score (nSPS) is 10.7. The minimum atomic E-state index is -0.624. The molecule has 0 atom stereocenters. The van der Waals surface area contributed by atoms with Crippen molar-refractivity contribution < 1.29 is 19.1 Å². The minimum Gasteiger partial charge on any atom is -0.454 e. The van der Waals surface area contributed by atoms with E-state index < -0.39 is 11.9 Å². The van der Waals surface area contributed by atoms with Gasteiger partial charge in [-0.15, -0.1) is 11.3 Å². The lowest BCUT2D eigenvalue weighted by Crippen LogP contribution is -2.16. The van der Waals surface area contributed by atoms with Gasteiger partial charge in [-0.2, -0.15) is 0 Å². The molecule has 150 valence electrons. The van der Waals surface area contributed by atoms with Crippen LogP contribution in [-0.2, 0) is 17.7 Å². The number of thiophene rings is 1. The van der Waals surface area contributed by atoms with Crippen LogP contribution in [0.4, 0.5) is 0 Å².